The van der Waals surface area contributed by atoms with Crippen LogP contribution in [0.15, 0.2) is 42.7 Å². The van der Waals surface area contributed by atoms with Crippen LogP contribution in [0.2, 0.25) is 0 Å². The highest BCUT2D eigenvalue weighted by molar-refractivity contribution is 6.03. The molecule has 21 heavy (non-hydrogen) atoms. The molecule has 1 aromatic heterocycles. The first-order chi connectivity index (χ1) is 10.2. The van der Waals surface area contributed by atoms with E-state index in [-0.39, 0.29) is 5.91 Å². The topological polar surface area (TPSA) is 58.1 Å². The number of nitrogens with one attached hydrogen (secondary N) is 1. The van der Waals surface area contributed by atoms with Crippen molar-refractivity contribution in [1.82, 2.24) is 9.97 Å². The number of hydrogen-bond acceptors (Lipinski definition) is 4. The molecule has 0 aliphatic heterocycles. The molecule has 2 rings (SSSR count). The van der Waals surface area contributed by atoms with Crippen LogP contribution >= 0.6 is 0 Å². The minimum absolute atomic E-state index is 0.228. The van der Waals surface area contributed by atoms with E-state index in [1.54, 1.807) is 6.07 Å². The maximum absolute atomic E-state index is 12.2. The average molecular weight is 284 g/mol. The fourth-order valence-electron chi connectivity index (χ4n) is 1.91. The van der Waals surface area contributed by atoms with Crippen LogP contribution in [0, 0.1) is 0 Å². The number of amides is 1. The highest BCUT2D eigenvalue weighted by atomic mass is 16.1. The Labute approximate surface area is 125 Å². The van der Waals surface area contributed by atoms with Crippen LogP contribution in [0.4, 0.5) is 11.5 Å². The average Bonchev–Trinajstić information content (AvgIpc) is 2.53. The lowest BCUT2D eigenvalue weighted by molar-refractivity contribution is 0.102. The van der Waals surface area contributed by atoms with E-state index in [1.165, 1.54) is 6.33 Å². The molecule has 0 fully saturated rings. The number of carbonyl (C=O) groups excluding carboxylic acids is 1. The Morgan fingerprint density at radius 2 is 2.00 bits per heavy atom. The van der Waals surface area contributed by atoms with E-state index in [0.29, 0.717) is 5.69 Å². The van der Waals surface area contributed by atoms with Gasteiger partial charge in [0, 0.05) is 25.3 Å². The minimum atomic E-state index is -0.228. The molecule has 1 N–H and O–H groups in total. The SMILES string of the molecule is CCCCN(C)c1cc(C(=O)Nc2ccccc2)ncn1. The summed E-state index contributed by atoms with van der Waals surface area (Å²) in [4.78, 5) is 22.5. The van der Waals surface area contributed by atoms with Crippen molar-refractivity contribution in [3.63, 3.8) is 0 Å². The van der Waals surface area contributed by atoms with E-state index in [1.807, 2.05) is 42.3 Å². The van der Waals surface area contributed by atoms with Gasteiger partial charge in [-0.3, -0.25) is 4.79 Å². The summed E-state index contributed by atoms with van der Waals surface area (Å²) in [7, 11) is 1.97. The third kappa shape index (κ3) is 4.27. The van der Waals surface area contributed by atoms with Crippen molar-refractivity contribution in [3.8, 4) is 0 Å². The second-order valence-corrected chi connectivity index (χ2v) is 4.86. The second kappa shape index (κ2) is 7.38. The van der Waals surface area contributed by atoms with Crippen LogP contribution in [0.25, 0.3) is 0 Å². The Kier molecular flexibility index (Phi) is 5.26. The van der Waals surface area contributed by atoms with E-state index in [2.05, 4.69) is 22.2 Å². The Morgan fingerprint density at radius 1 is 1.24 bits per heavy atom. The molecule has 0 unspecified atom stereocenters. The summed E-state index contributed by atoms with van der Waals surface area (Å²) in [5, 5.41) is 2.82. The number of unbranched alkanes of at least 4 members (excludes halogenated alkanes) is 1. The Balaban J connectivity index is 2.08. The summed E-state index contributed by atoms with van der Waals surface area (Å²) in [5.41, 5.74) is 1.12. The second-order valence-electron chi connectivity index (χ2n) is 4.86. The fourth-order valence-corrected chi connectivity index (χ4v) is 1.91. The lowest BCUT2D eigenvalue weighted by Gasteiger charge is -2.17. The fraction of sp³-hybridized carbons (Fsp3) is 0.312. The molecule has 0 radical (unpaired) electrons. The maximum Gasteiger partial charge on any atom is 0.274 e. The van der Waals surface area contributed by atoms with Crippen LogP contribution in [0.3, 0.4) is 0 Å². The van der Waals surface area contributed by atoms with Crippen LogP contribution in [-0.4, -0.2) is 29.5 Å². The Bertz CT molecular complexity index is 586. The van der Waals surface area contributed by atoms with Crippen LogP contribution in [-0.2, 0) is 0 Å². The number of anilines is 2. The predicted octanol–water partition coefficient (Wildman–Crippen LogP) is 2.97. The molecule has 5 heteroatoms. The molecule has 2 aromatic rings. The lowest BCUT2D eigenvalue weighted by Crippen LogP contribution is -2.21. The van der Waals surface area contributed by atoms with Crippen molar-refractivity contribution < 1.29 is 4.79 Å². The zero-order chi connectivity index (χ0) is 15.1. The van der Waals surface area contributed by atoms with Crippen LogP contribution in [0.1, 0.15) is 30.3 Å². The number of rotatable bonds is 6. The van der Waals surface area contributed by atoms with Gasteiger partial charge in [-0.2, -0.15) is 0 Å². The quantitative estimate of drug-likeness (QED) is 0.886. The molecule has 0 bridgehead atoms. The van der Waals surface area contributed by atoms with E-state index in [0.717, 1.165) is 30.9 Å². The predicted molar refractivity (Wildman–Crippen MR) is 84.6 cm³/mol. The molecule has 5 nitrogen and oxygen atoms in total. The largest absolute Gasteiger partial charge is 0.360 e. The zero-order valence-electron chi connectivity index (χ0n) is 12.4. The summed E-state index contributed by atoms with van der Waals surface area (Å²) in [6, 6.07) is 11.1. The molecule has 0 aliphatic rings. The van der Waals surface area contributed by atoms with Gasteiger partial charge in [-0.1, -0.05) is 31.5 Å². The Hall–Kier alpha value is -2.43. The molecule has 0 saturated heterocycles. The number of aromatic nitrogens is 2. The number of para-hydroxylation sites is 1. The number of benzene rings is 1. The van der Waals surface area contributed by atoms with Gasteiger partial charge in [-0.05, 0) is 18.6 Å². The number of nitrogens with zero attached hydrogens (tertiary/aromatic N) is 3. The molecule has 1 amide bonds. The first kappa shape index (κ1) is 15.0. The minimum Gasteiger partial charge on any atom is -0.360 e. The van der Waals surface area contributed by atoms with Crippen molar-refractivity contribution in [3.05, 3.63) is 48.4 Å². The third-order valence-corrected chi connectivity index (χ3v) is 3.16. The summed E-state index contributed by atoms with van der Waals surface area (Å²) < 4.78 is 0. The molecule has 0 spiro atoms. The van der Waals surface area contributed by atoms with Gasteiger partial charge in [-0.15, -0.1) is 0 Å². The van der Waals surface area contributed by atoms with Gasteiger partial charge < -0.3 is 10.2 Å². The first-order valence-corrected chi connectivity index (χ1v) is 7.10. The zero-order valence-corrected chi connectivity index (χ0v) is 12.4. The van der Waals surface area contributed by atoms with Crippen LogP contribution < -0.4 is 10.2 Å². The summed E-state index contributed by atoms with van der Waals surface area (Å²) in [6.07, 6.45) is 3.64. The van der Waals surface area contributed by atoms with Crippen molar-refractivity contribution >= 4 is 17.4 Å². The van der Waals surface area contributed by atoms with Gasteiger partial charge in [0.2, 0.25) is 0 Å². The highest BCUT2D eigenvalue weighted by Gasteiger charge is 2.10. The van der Waals surface area contributed by atoms with Crippen molar-refractivity contribution in [2.45, 2.75) is 19.8 Å². The van der Waals surface area contributed by atoms with Crippen molar-refractivity contribution in [2.75, 3.05) is 23.8 Å². The van der Waals surface area contributed by atoms with Gasteiger partial charge in [0.15, 0.2) is 0 Å². The van der Waals surface area contributed by atoms with E-state index >= 15 is 0 Å². The monoisotopic (exact) mass is 284 g/mol. The van der Waals surface area contributed by atoms with Gasteiger partial charge in [0.05, 0.1) is 0 Å². The maximum atomic E-state index is 12.2. The van der Waals surface area contributed by atoms with Crippen molar-refractivity contribution in [2.24, 2.45) is 0 Å². The first-order valence-electron chi connectivity index (χ1n) is 7.10. The van der Waals surface area contributed by atoms with E-state index in [9.17, 15) is 4.79 Å². The summed E-state index contributed by atoms with van der Waals surface area (Å²) in [6.45, 7) is 3.06. The summed E-state index contributed by atoms with van der Waals surface area (Å²) in [5.74, 6) is 0.533. The normalized spacial score (nSPS) is 10.2. The van der Waals surface area contributed by atoms with Gasteiger partial charge in [0.1, 0.15) is 17.8 Å². The van der Waals surface area contributed by atoms with Gasteiger partial charge in [0.25, 0.3) is 5.91 Å². The smallest absolute Gasteiger partial charge is 0.274 e. The molecule has 0 aliphatic carbocycles. The molecule has 0 atom stereocenters. The molecule has 1 aromatic carbocycles. The summed E-state index contributed by atoms with van der Waals surface area (Å²) >= 11 is 0. The van der Waals surface area contributed by atoms with Gasteiger partial charge in [-0.25, -0.2) is 9.97 Å². The number of hydrogen-bond donors (Lipinski definition) is 1. The van der Waals surface area contributed by atoms with E-state index in [4.69, 9.17) is 0 Å². The lowest BCUT2D eigenvalue weighted by atomic mass is 10.3. The highest BCUT2D eigenvalue weighted by Crippen LogP contribution is 2.12. The molecule has 1 heterocycles. The molecular formula is C16H20N4O. The molecular weight excluding hydrogens is 264 g/mol. The standard InChI is InChI=1S/C16H20N4O/c1-3-4-10-20(2)15-11-14(17-12-18-15)16(21)19-13-8-6-5-7-9-13/h5-9,11-12H,3-4,10H2,1-2H3,(H,19,21). The van der Waals surface area contributed by atoms with E-state index < -0.39 is 0 Å². The van der Waals surface area contributed by atoms with Crippen molar-refractivity contribution in [1.29, 1.82) is 0 Å². The Morgan fingerprint density at radius 3 is 2.71 bits per heavy atom. The third-order valence-electron chi connectivity index (χ3n) is 3.16. The van der Waals surface area contributed by atoms with Gasteiger partial charge >= 0.3 is 0 Å². The number of carbonyl (C=O) groups is 1. The molecule has 110 valence electrons. The molecule has 0 saturated carbocycles. The van der Waals surface area contributed by atoms with Crippen LogP contribution in [0.5, 0.6) is 0 Å².